The number of carboxylic acid groups (broad SMARTS) is 1. The number of rotatable bonds is 5. The van der Waals surface area contributed by atoms with Crippen molar-refractivity contribution < 1.29 is 19.1 Å². The normalized spacial score (nSPS) is 12.2. The van der Waals surface area contributed by atoms with Crippen LogP contribution >= 0.6 is 0 Å². The fourth-order valence-electron chi connectivity index (χ4n) is 1.64. The summed E-state index contributed by atoms with van der Waals surface area (Å²) in [5, 5.41) is 11.4. The summed E-state index contributed by atoms with van der Waals surface area (Å²) in [5.41, 5.74) is 0.393. The van der Waals surface area contributed by atoms with E-state index in [1.54, 1.807) is 19.9 Å². The van der Waals surface area contributed by atoms with Crippen molar-refractivity contribution in [3.63, 3.8) is 0 Å². The van der Waals surface area contributed by atoms with Crippen molar-refractivity contribution in [1.82, 2.24) is 5.32 Å². The van der Waals surface area contributed by atoms with E-state index in [4.69, 9.17) is 9.52 Å². The number of aliphatic carboxylic acids is 1. The van der Waals surface area contributed by atoms with Crippen LogP contribution in [-0.4, -0.2) is 23.0 Å². The van der Waals surface area contributed by atoms with Gasteiger partial charge in [0.25, 0.3) is 5.91 Å². The molecule has 0 spiro atoms. The zero-order valence-corrected chi connectivity index (χ0v) is 10.2. The molecule has 0 saturated heterocycles. The van der Waals surface area contributed by atoms with Crippen LogP contribution in [0.5, 0.6) is 0 Å². The van der Waals surface area contributed by atoms with Crippen LogP contribution in [0.25, 0.3) is 0 Å². The number of amides is 1. The first-order valence-electron chi connectivity index (χ1n) is 5.56. The largest absolute Gasteiger partial charge is 0.480 e. The summed E-state index contributed by atoms with van der Waals surface area (Å²) >= 11 is 0. The van der Waals surface area contributed by atoms with E-state index in [-0.39, 0.29) is 0 Å². The standard InChI is InChI=1S/C12H17NO4/c1-4-5-10(12(15)16)13-11(14)9-6-7(2)17-8(9)3/h6,10H,4-5H2,1-3H3,(H,13,14)(H,15,16)/t10-/m1/s1. The fraction of sp³-hybridized carbons (Fsp3) is 0.500. The van der Waals surface area contributed by atoms with Crippen molar-refractivity contribution >= 4 is 11.9 Å². The molecule has 1 rings (SSSR count). The van der Waals surface area contributed by atoms with Gasteiger partial charge < -0.3 is 14.8 Å². The Balaban J connectivity index is 2.77. The minimum atomic E-state index is -1.02. The van der Waals surface area contributed by atoms with E-state index in [9.17, 15) is 9.59 Å². The van der Waals surface area contributed by atoms with Gasteiger partial charge in [0, 0.05) is 0 Å². The van der Waals surface area contributed by atoms with Gasteiger partial charge in [0.05, 0.1) is 5.56 Å². The number of aryl methyl sites for hydroxylation is 2. The average molecular weight is 239 g/mol. The van der Waals surface area contributed by atoms with Gasteiger partial charge >= 0.3 is 5.97 Å². The van der Waals surface area contributed by atoms with Crippen molar-refractivity contribution in [3.8, 4) is 0 Å². The molecule has 0 aliphatic rings. The minimum Gasteiger partial charge on any atom is -0.480 e. The third-order valence-corrected chi connectivity index (χ3v) is 2.47. The molecule has 0 bridgehead atoms. The van der Waals surface area contributed by atoms with Crippen molar-refractivity contribution in [2.45, 2.75) is 39.7 Å². The van der Waals surface area contributed by atoms with Gasteiger partial charge in [-0.25, -0.2) is 4.79 Å². The summed E-state index contributed by atoms with van der Waals surface area (Å²) in [7, 11) is 0. The summed E-state index contributed by atoms with van der Waals surface area (Å²) in [6.07, 6.45) is 1.11. The molecule has 1 aromatic rings. The lowest BCUT2D eigenvalue weighted by Gasteiger charge is -2.12. The third kappa shape index (κ3) is 3.34. The van der Waals surface area contributed by atoms with Gasteiger partial charge in [-0.05, 0) is 26.3 Å². The van der Waals surface area contributed by atoms with Gasteiger partial charge in [0.1, 0.15) is 17.6 Å². The Morgan fingerprint density at radius 3 is 2.53 bits per heavy atom. The Morgan fingerprint density at radius 1 is 1.47 bits per heavy atom. The number of hydrogen-bond donors (Lipinski definition) is 2. The summed E-state index contributed by atoms with van der Waals surface area (Å²) < 4.78 is 5.23. The molecule has 1 amide bonds. The highest BCUT2D eigenvalue weighted by molar-refractivity contribution is 5.97. The Kier molecular flexibility index (Phi) is 4.31. The van der Waals surface area contributed by atoms with E-state index in [0.29, 0.717) is 29.9 Å². The van der Waals surface area contributed by atoms with Crippen LogP contribution in [-0.2, 0) is 4.79 Å². The number of carboxylic acids is 1. The summed E-state index contributed by atoms with van der Waals surface area (Å²) in [6, 6.07) is 0.761. The van der Waals surface area contributed by atoms with Gasteiger partial charge in [-0.2, -0.15) is 0 Å². The number of carbonyl (C=O) groups excluding carboxylic acids is 1. The first-order chi connectivity index (χ1) is 7.95. The predicted molar refractivity (Wildman–Crippen MR) is 62.0 cm³/mol. The molecule has 0 aromatic carbocycles. The molecule has 0 fully saturated rings. The molecule has 5 heteroatoms. The number of hydrogen-bond acceptors (Lipinski definition) is 3. The molecule has 1 aromatic heterocycles. The zero-order valence-electron chi connectivity index (χ0n) is 10.2. The van der Waals surface area contributed by atoms with E-state index >= 15 is 0 Å². The maximum atomic E-state index is 11.8. The van der Waals surface area contributed by atoms with E-state index < -0.39 is 17.9 Å². The maximum Gasteiger partial charge on any atom is 0.326 e. The van der Waals surface area contributed by atoms with E-state index in [1.807, 2.05) is 6.92 Å². The quantitative estimate of drug-likeness (QED) is 0.822. The molecule has 0 aliphatic heterocycles. The molecule has 0 unspecified atom stereocenters. The Morgan fingerprint density at radius 2 is 2.12 bits per heavy atom. The van der Waals surface area contributed by atoms with Crippen LogP contribution in [0, 0.1) is 13.8 Å². The summed E-state index contributed by atoms with van der Waals surface area (Å²) in [4.78, 5) is 22.7. The van der Waals surface area contributed by atoms with Gasteiger partial charge in [-0.3, -0.25) is 4.79 Å². The zero-order chi connectivity index (χ0) is 13.0. The van der Waals surface area contributed by atoms with Crippen LogP contribution in [0.2, 0.25) is 0 Å². The molecule has 5 nitrogen and oxygen atoms in total. The van der Waals surface area contributed by atoms with Crippen molar-refractivity contribution in [1.29, 1.82) is 0 Å². The monoisotopic (exact) mass is 239 g/mol. The lowest BCUT2D eigenvalue weighted by atomic mass is 10.1. The molecule has 0 aliphatic carbocycles. The Labute approximate surface area is 99.8 Å². The lowest BCUT2D eigenvalue weighted by Crippen LogP contribution is -2.40. The highest BCUT2D eigenvalue weighted by atomic mass is 16.4. The molecule has 94 valence electrons. The van der Waals surface area contributed by atoms with Crippen LogP contribution < -0.4 is 5.32 Å². The molecule has 0 saturated carbocycles. The van der Waals surface area contributed by atoms with Gasteiger partial charge in [0.15, 0.2) is 0 Å². The highest BCUT2D eigenvalue weighted by Gasteiger charge is 2.21. The average Bonchev–Trinajstić information content (AvgIpc) is 2.57. The van der Waals surface area contributed by atoms with Crippen LogP contribution in [0.4, 0.5) is 0 Å². The molecule has 1 atom stereocenters. The third-order valence-electron chi connectivity index (χ3n) is 2.47. The van der Waals surface area contributed by atoms with Crippen molar-refractivity contribution in [2.75, 3.05) is 0 Å². The molecule has 17 heavy (non-hydrogen) atoms. The van der Waals surface area contributed by atoms with Gasteiger partial charge in [-0.1, -0.05) is 13.3 Å². The van der Waals surface area contributed by atoms with Crippen LogP contribution in [0.1, 0.15) is 41.6 Å². The van der Waals surface area contributed by atoms with Crippen LogP contribution in [0.3, 0.4) is 0 Å². The number of nitrogens with one attached hydrogen (secondary N) is 1. The Bertz CT molecular complexity index is 422. The van der Waals surface area contributed by atoms with Gasteiger partial charge in [-0.15, -0.1) is 0 Å². The SMILES string of the molecule is CCC[C@@H](NC(=O)c1cc(C)oc1C)C(=O)O. The first-order valence-corrected chi connectivity index (χ1v) is 5.56. The van der Waals surface area contributed by atoms with Crippen molar-refractivity contribution in [3.05, 3.63) is 23.2 Å². The second-order valence-electron chi connectivity index (χ2n) is 3.98. The second kappa shape index (κ2) is 5.52. The number of carbonyl (C=O) groups is 2. The smallest absolute Gasteiger partial charge is 0.326 e. The molecule has 0 radical (unpaired) electrons. The van der Waals surface area contributed by atoms with E-state index in [1.165, 1.54) is 0 Å². The predicted octanol–water partition coefficient (Wildman–Crippen LogP) is 1.88. The second-order valence-corrected chi connectivity index (χ2v) is 3.98. The fourth-order valence-corrected chi connectivity index (χ4v) is 1.64. The summed E-state index contributed by atoms with van der Waals surface area (Å²) in [5.74, 6) is -0.283. The number of furan rings is 1. The summed E-state index contributed by atoms with van der Waals surface area (Å²) in [6.45, 7) is 5.29. The first kappa shape index (κ1) is 13.3. The molecular weight excluding hydrogens is 222 g/mol. The Hall–Kier alpha value is -1.78. The highest BCUT2D eigenvalue weighted by Crippen LogP contribution is 2.13. The van der Waals surface area contributed by atoms with E-state index in [2.05, 4.69) is 5.32 Å². The lowest BCUT2D eigenvalue weighted by molar-refractivity contribution is -0.139. The maximum absolute atomic E-state index is 11.8. The molecule has 2 N–H and O–H groups in total. The topological polar surface area (TPSA) is 79.5 Å². The minimum absolute atomic E-state index is 0.393. The van der Waals surface area contributed by atoms with Crippen LogP contribution in [0.15, 0.2) is 10.5 Å². The molecular formula is C12H17NO4. The van der Waals surface area contributed by atoms with E-state index in [0.717, 1.165) is 0 Å². The van der Waals surface area contributed by atoms with Crippen molar-refractivity contribution in [2.24, 2.45) is 0 Å². The molecule has 1 heterocycles. The van der Waals surface area contributed by atoms with Gasteiger partial charge in [0.2, 0.25) is 0 Å².